The minimum atomic E-state index is -0.385. The van der Waals surface area contributed by atoms with Gasteiger partial charge in [0, 0.05) is 9.72 Å². The lowest BCUT2D eigenvalue weighted by atomic mass is 10.2. The van der Waals surface area contributed by atoms with Gasteiger partial charge < -0.3 is 5.73 Å². The van der Waals surface area contributed by atoms with Gasteiger partial charge in [0.15, 0.2) is 0 Å². The summed E-state index contributed by atoms with van der Waals surface area (Å²) in [5.74, 6) is -0.406. The molecular formula is C13H17BrN2O2S. The number of hydrogen-bond acceptors (Lipinski definition) is 4. The van der Waals surface area contributed by atoms with Crippen molar-refractivity contribution in [1.82, 2.24) is 5.32 Å². The lowest BCUT2D eigenvalue weighted by Gasteiger charge is -2.09. The van der Waals surface area contributed by atoms with Gasteiger partial charge in [-0.2, -0.15) is 0 Å². The fraction of sp³-hybridized carbons (Fsp3) is 0.385. The monoisotopic (exact) mass is 344 g/mol. The fourth-order valence-electron chi connectivity index (χ4n) is 1.41. The van der Waals surface area contributed by atoms with Crippen molar-refractivity contribution in [2.75, 3.05) is 12.3 Å². The van der Waals surface area contributed by atoms with Crippen LogP contribution in [0.4, 0.5) is 0 Å². The Bertz CT molecular complexity index is 454. The molecule has 1 rings (SSSR count). The van der Waals surface area contributed by atoms with Crippen LogP contribution < -0.4 is 11.1 Å². The van der Waals surface area contributed by atoms with Crippen LogP contribution in [0, 0.1) is 0 Å². The van der Waals surface area contributed by atoms with Gasteiger partial charge in [0.1, 0.15) is 0 Å². The molecule has 0 bridgehead atoms. The maximum atomic E-state index is 11.9. The molecule has 0 saturated heterocycles. The van der Waals surface area contributed by atoms with Crippen LogP contribution in [0.15, 0.2) is 28.7 Å². The summed E-state index contributed by atoms with van der Waals surface area (Å²) in [5.41, 5.74) is 5.89. The van der Waals surface area contributed by atoms with E-state index in [0.29, 0.717) is 21.8 Å². The van der Waals surface area contributed by atoms with Gasteiger partial charge in [0.05, 0.1) is 11.3 Å². The average molecular weight is 345 g/mol. The summed E-state index contributed by atoms with van der Waals surface area (Å²) in [6, 6.07) is 6.99. The van der Waals surface area contributed by atoms with E-state index in [-0.39, 0.29) is 17.6 Å². The molecule has 0 fully saturated rings. The normalized spacial score (nSPS) is 11.9. The van der Waals surface area contributed by atoms with E-state index < -0.39 is 0 Å². The van der Waals surface area contributed by atoms with E-state index in [9.17, 15) is 9.59 Å². The van der Waals surface area contributed by atoms with Crippen LogP contribution in [0.3, 0.4) is 0 Å². The van der Waals surface area contributed by atoms with Crippen molar-refractivity contribution in [3.63, 3.8) is 0 Å². The number of benzene rings is 1. The predicted molar refractivity (Wildman–Crippen MR) is 82.2 cm³/mol. The van der Waals surface area contributed by atoms with Crippen molar-refractivity contribution in [1.29, 1.82) is 0 Å². The van der Waals surface area contributed by atoms with Gasteiger partial charge in [-0.15, -0.1) is 11.8 Å². The summed E-state index contributed by atoms with van der Waals surface area (Å²) in [4.78, 5) is 23.5. The number of carbonyl (C=O) groups is 2. The first-order chi connectivity index (χ1) is 9.04. The molecule has 3 N–H and O–H groups in total. The largest absolute Gasteiger partial charge is 0.330 e. The second kappa shape index (κ2) is 8.35. The topological polar surface area (TPSA) is 72.2 Å². The molecule has 0 aliphatic heterocycles. The first-order valence-electron chi connectivity index (χ1n) is 5.95. The zero-order valence-electron chi connectivity index (χ0n) is 10.7. The van der Waals surface area contributed by atoms with Gasteiger partial charge in [-0.1, -0.05) is 19.1 Å². The number of carbonyl (C=O) groups excluding carboxylic acids is 2. The second-order valence-corrected chi connectivity index (χ2v) is 6.34. The second-order valence-electron chi connectivity index (χ2n) is 4.06. The van der Waals surface area contributed by atoms with E-state index in [0.717, 1.165) is 6.42 Å². The Morgan fingerprint density at radius 3 is 2.74 bits per heavy atom. The quantitative estimate of drug-likeness (QED) is 0.829. The van der Waals surface area contributed by atoms with Crippen molar-refractivity contribution in [3.8, 4) is 0 Å². The van der Waals surface area contributed by atoms with Gasteiger partial charge in [0.2, 0.25) is 5.91 Å². The van der Waals surface area contributed by atoms with Crippen LogP contribution in [0.1, 0.15) is 23.7 Å². The minimum Gasteiger partial charge on any atom is -0.330 e. The zero-order chi connectivity index (χ0) is 14.3. The standard InChI is InChI=1S/C13H17BrN2O2S/c1-9(6-7-15)19-8-12(17)16-13(18)10-4-2-3-5-11(10)14/h2-5,9H,6-8,15H2,1H3,(H,16,17,18). The average Bonchev–Trinajstić information content (AvgIpc) is 2.37. The highest BCUT2D eigenvalue weighted by Crippen LogP contribution is 2.16. The van der Waals surface area contributed by atoms with Crippen LogP contribution in [0.5, 0.6) is 0 Å². The highest BCUT2D eigenvalue weighted by Gasteiger charge is 2.13. The molecule has 0 spiro atoms. The molecule has 0 heterocycles. The summed E-state index contributed by atoms with van der Waals surface area (Å²) in [6.45, 7) is 2.62. The third-order valence-corrected chi connectivity index (χ3v) is 4.37. The van der Waals surface area contributed by atoms with E-state index in [4.69, 9.17) is 5.73 Å². The Balaban J connectivity index is 2.45. The molecular weight excluding hydrogens is 328 g/mol. The van der Waals surface area contributed by atoms with Crippen molar-refractivity contribution in [2.24, 2.45) is 5.73 Å². The summed E-state index contributed by atoms with van der Waals surface area (Å²) in [5, 5.41) is 2.69. The molecule has 0 saturated carbocycles. The van der Waals surface area contributed by atoms with Crippen LogP contribution in [-0.2, 0) is 4.79 Å². The number of halogens is 1. The third-order valence-electron chi connectivity index (χ3n) is 2.44. The van der Waals surface area contributed by atoms with Crippen molar-refractivity contribution >= 4 is 39.5 Å². The lowest BCUT2D eigenvalue weighted by molar-refractivity contribution is -0.117. The Labute approximate surface area is 125 Å². The summed E-state index contributed by atoms with van der Waals surface area (Å²) >= 11 is 4.77. The van der Waals surface area contributed by atoms with Gasteiger partial charge in [-0.3, -0.25) is 14.9 Å². The molecule has 6 heteroatoms. The highest BCUT2D eigenvalue weighted by molar-refractivity contribution is 9.10. The molecule has 104 valence electrons. The van der Waals surface area contributed by atoms with Crippen LogP contribution in [0.2, 0.25) is 0 Å². The highest BCUT2D eigenvalue weighted by atomic mass is 79.9. The number of nitrogens with one attached hydrogen (secondary N) is 1. The van der Waals surface area contributed by atoms with E-state index in [1.807, 2.05) is 13.0 Å². The Morgan fingerprint density at radius 2 is 2.11 bits per heavy atom. The number of hydrogen-bond donors (Lipinski definition) is 2. The summed E-state index contributed by atoms with van der Waals surface area (Å²) < 4.78 is 0.671. The van der Waals surface area contributed by atoms with E-state index in [2.05, 4.69) is 21.2 Å². The van der Waals surface area contributed by atoms with Crippen LogP contribution in [-0.4, -0.2) is 29.4 Å². The molecule has 4 nitrogen and oxygen atoms in total. The van der Waals surface area contributed by atoms with Crippen molar-refractivity contribution in [3.05, 3.63) is 34.3 Å². The van der Waals surface area contributed by atoms with E-state index in [1.165, 1.54) is 11.8 Å². The Morgan fingerprint density at radius 1 is 1.42 bits per heavy atom. The molecule has 0 aromatic heterocycles. The molecule has 1 unspecified atom stereocenters. The Hall–Kier alpha value is -0.850. The van der Waals surface area contributed by atoms with Gasteiger partial charge in [-0.25, -0.2) is 0 Å². The number of nitrogens with two attached hydrogens (primary N) is 1. The van der Waals surface area contributed by atoms with Crippen molar-refractivity contribution < 1.29 is 9.59 Å². The lowest BCUT2D eigenvalue weighted by Crippen LogP contribution is -2.32. The van der Waals surface area contributed by atoms with Crippen LogP contribution >= 0.6 is 27.7 Å². The maximum absolute atomic E-state index is 11.9. The van der Waals surface area contributed by atoms with Gasteiger partial charge >= 0.3 is 0 Å². The van der Waals surface area contributed by atoms with Gasteiger partial charge in [0.25, 0.3) is 5.91 Å². The molecule has 0 aliphatic rings. The van der Waals surface area contributed by atoms with Crippen molar-refractivity contribution in [2.45, 2.75) is 18.6 Å². The smallest absolute Gasteiger partial charge is 0.259 e. The number of rotatable bonds is 6. The first-order valence-corrected chi connectivity index (χ1v) is 7.79. The van der Waals surface area contributed by atoms with E-state index >= 15 is 0 Å². The fourth-order valence-corrected chi connectivity index (χ4v) is 2.69. The third kappa shape index (κ3) is 5.76. The number of amides is 2. The molecule has 0 radical (unpaired) electrons. The summed E-state index contributed by atoms with van der Waals surface area (Å²) in [7, 11) is 0. The molecule has 0 aliphatic carbocycles. The van der Waals surface area contributed by atoms with Gasteiger partial charge in [-0.05, 0) is 41.0 Å². The zero-order valence-corrected chi connectivity index (χ0v) is 13.1. The molecule has 1 aromatic rings. The number of imide groups is 1. The minimum absolute atomic E-state index is 0.261. The molecule has 1 aromatic carbocycles. The summed E-state index contributed by atoms with van der Waals surface area (Å²) in [6.07, 6.45) is 0.857. The molecule has 1 atom stereocenters. The predicted octanol–water partition coefficient (Wildman–Crippen LogP) is 2.18. The molecule has 19 heavy (non-hydrogen) atoms. The maximum Gasteiger partial charge on any atom is 0.259 e. The van der Waals surface area contributed by atoms with Crippen LogP contribution in [0.25, 0.3) is 0 Å². The molecule has 2 amide bonds. The Kier molecular flexibility index (Phi) is 7.12. The van der Waals surface area contributed by atoms with E-state index in [1.54, 1.807) is 18.2 Å². The first kappa shape index (κ1) is 16.2. The number of thioether (sulfide) groups is 1. The SMILES string of the molecule is CC(CCN)SCC(=O)NC(=O)c1ccccc1Br.